The van der Waals surface area contributed by atoms with Gasteiger partial charge < -0.3 is 10.2 Å². The molecule has 0 aliphatic heterocycles. The molecule has 0 aliphatic carbocycles. The van der Waals surface area contributed by atoms with Crippen LogP contribution in [0.25, 0.3) is 0 Å². The predicted octanol–water partition coefficient (Wildman–Crippen LogP) is 2.83. The molecule has 0 spiro atoms. The lowest BCUT2D eigenvalue weighted by Crippen LogP contribution is -2.27. The topological polar surface area (TPSA) is 85.3 Å². The number of aryl methyl sites for hydroxylation is 3. The van der Waals surface area contributed by atoms with Crippen molar-refractivity contribution >= 4 is 15.7 Å². The summed E-state index contributed by atoms with van der Waals surface area (Å²) in [5, 5.41) is 0. The molecule has 0 saturated heterocycles. The Morgan fingerprint density at radius 3 is 2.38 bits per heavy atom. The molecule has 0 amide bonds. The molecule has 1 aromatic heterocycles. The zero-order chi connectivity index (χ0) is 15.8. The Kier molecular flexibility index (Phi) is 4.11. The van der Waals surface area contributed by atoms with Gasteiger partial charge in [-0.25, -0.2) is 13.1 Å². The van der Waals surface area contributed by atoms with Crippen molar-refractivity contribution in [3.05, 3.63) is 46.9 Å². The molecule has 1 heterocycles. The Bertz CT molecular complexity index is 763. The second-order valence-electron chi connectivity index (χ2n) is 5.25. The molecule has 1 aromatic carbocycles. The third-order valence-corrected chi connectivity index (χ3v) is 4.95. The number of rotatable bonds is 4. The molecule has 0 fully saturated rings. The van der Waals surface area contributed by atoms with E-state index in [0.717, 1.165) is 16.9 Å². The summed E-state index contributed by atoms with van der Waals surface area (Å²) in [6.45, 7) is 7.28. The van der Waals surface area contributed by atoms with Gasteiger partial charge >= 0.3 is 0 Å². The molecule has 1 atom stereocenters. The van der Waals surface area contributed by atoms with E-state index in [0.29, 0.717) is 5.76 Å². The van der Waals surface area contributed by atoms with Crippen LogP contribution in [0.2, 0.25) is 0 Å². The molecule has 21 heavy (non-hydrogen) atoms. The largest absolute Gasteiger partial charge is 0.466 e. The molecule has 2 rings (SSSR count). The minimum atomic E-state index is -3.68. The molecule has 0 saturated carbocycles. The zero-order valence-corrected chi connectivity index (χ0v) is 13.4. The van der Waals surface area contributed by atoms with Crippen molar-refractivity contribution in [3.63, 3.8) is 0 Å². The molecular formula is C15H20N2O3S. The Hall–Kier alpha value is -1.79. The van der Waals surface area contributed by atoms with E-state index in [1.54, 1.807) is 19.1 Å². The van der Waals surface area contributed by atoms with Crippen LogP contribution in [-0.2, 0) is 10.0 Å². The van der Waals surface area contributed by atoms with E-state index in [-0.39, 0.29) is 10.6 Å². The van der Waals surface area contributed by atoms with E-state index in [9.17, 15) is 8.42 Å². The fourth-order valence-electron chi connectivity index (χ4n) is 2.35. The van der Waals surface area contributed by atoms with E-state index in [1.807, 2.05) is 26.8 Å². The van der Waals surface area contributed by atoms with Crippen molar-refractivity contribution in [1.29, 1.82) is 0 Å². The molecule has 114 valence electrons. The lowest BCUT2D eigenvalue weighted by atomic mass is 10.1. The van der Waals surface area contributed by atoms with Crippen LogP contribution in [0, 0.1) is 20.8 Å². The molecule has 2 aromatic rings. The number of nitrogens with two attached hydrogens (primary N) is 1. The Labute approximate surface area is 125 Å². The minimum absolute atomic E-state index is 0.0952. The maximum Gasteiger partial charge on any atom is 0.243 e. The van der Waals surface area contributed by atoms with E-state index in [1.165, 1.54) is 6.07 Å². The van der Waals surface area contributed by atoms with Crippen LogP contribution in [0.5, 0.6) is 0 Å². The summed E-state index contributed by atoms with van der Waals surface area (Å²) in [6, 6.07) is 6.33. The molecule has 0 aliphatic rings. The van der Waals surface area contributed by atoms with Gasteiger partial charge in [0.25, 0.3) is 0 Å². The van der Waals surface area contributed by atoms with E-state index in [4.69, 9.17) is 10.2 Å². The number of benzene rings is 1. The van der Waals surface area contributed by atoms with Crippen LogP contribution in [0.1, 0.15) is 35.6 Å². The summed E-state index contributed by atoms with van der Waals surface area (Å²) in [5.74, 6) is 1.46. The number of sulfonamides is 1. The maximum absolute atomic E-state index is 12.4. The van der Waals surface area contributed by atoms with Crippen molar-refractivity contribution < 1.29 is 12.8 Å². The molecule has 1 unspecified atom stereocenters. The summed E-state index contributed by atoms with van der Waals surface area (Å²) in [4.78, 5) is 0.0952. The molecule has 5 nitrogen and oxygen atoms in total. The lowest BCUT2D eigenvalue weighted by Gasteiger charge is -2.15. The lowest BCUT2D eigenvalue weighted by molar-refractivity contribution is 0.496. The van der Waals surface area contributed by atoms with Crippen molar-refractivity contribution in [2.45, 2.75) is 38.6 Å². The van der Waals surface area contributed by atoms with Crippen LogP contribution >= 0.6 is 0 Å². The van der Waals surface area contributed by atoms with Gasteiger partial charge in [0, 0.05) is 11.6 Å². The molecule has 0 bridgehead atoms. The molecular weight excluding hydrogens is 288 g/mol. The molecule has 0 radical (unpaired) electrons. The highest BCUT2D eigenvalue weighted by atomic mass is 32.2. The maximum atomic E-state index is 12.4. The highest BCUT2D eigenvalue weighted by Gasteiger charge is 2.22. The normalized spacial score (nSPS) is 13.3. The first-order valence-electron chi connectivity index (χ1n) is 6.66. The average molecular weight is 308 g/mol. The summed E-state index contributed by atoms with van der Waals surface area (Å²) in [7, 11) is -3.68. The quantitative estimate of drug-likeness (QED) is 0.850. The van der Waals surface area contributed by atoms with Gasteiger partial charge in [-0.15, -0.1) is 0 Å². The molecule has 6 heteroatoms. The van der Waals surface area contributed by atoms with Gasteiger partial charge in [-0.2, -0.15) is 0 Å². The first-order valence-corrected chi connectivity index (χ1v) is 8.14. The van der Waals surface area contributed by atoms with Gasteiger partial charge in [0.1, 0.15) is 16.4 Å². The van der Waals surface area contributed by atoms with Crippen LogP contribution in [0.3, 0.4) is 0 Å². The first-order chi connectivity index (χ1) is 9.70. The predicted molar refractivity (Wildman–Crippen MR) is 82.5 cm³/mol. The van der Waals surface area contributed by atoms with Gasteiger partial charge in [0.2, 0.25) is 10.0 Å². The van der Waals surface area contributed by atoms with E-state index in [2.05, 4.69) is 4.72 Å². The number of hydrogen-bond acceptors (Lipinski definition) is 4. The second kappa shape index (κ2) is 5.54. The Morgan fingerprint density at radius 2 is 1.86 bits per heavy atom. The number of nitrogen functional groups attached to an aromatic ring is 1. The summed E-state index contributed by atoms with van der Waals surface area (Å²) < 4.78 is 33.0. The standard InChI is InChI=1S/C15H20N2O3S/c1-9-5-6-15(14(16)7-9)21(18,19)17-11(3)13-8-10(2)20-12(13)4/h5-8,11,17H,16H2,1-4H3. The number of anilines is 1. The van der Waals surface area contributed by atoms with Crippen LogP contribution in [-0.4, -0.2) is 8.42 Å². The van der Waals surface area contributed by atoms with Crippen molar-refractivity contribution in [2.75, 3.05) is 5.73 Å². The fourth-order valence-corrected chi connectivity index (χ4v) is 3.69. The third kappa shape index (κ3) is 3.28. The third-order valence-electron chi connectivity index (χ3n) is 3.33. The smallest absolute Gasteiger partial charge is 0.243 e. The molecule has 3 N–H and O–H groups in total. The Balaban J connectivity index is 2.31. The van der Waals surface area contributed by atoms with Gasteiger partial charge in [-0.05, 0) is 51.5 Å². The van der Waals surface area contributed by atoms with Gasteiger partial charge in [-0.3, -0.25) is 0 Å². The SMILES string of the molecule is Cc1ccc(S(=O)(=O)NC(C)c2cc(C)oc2C)c(N)c1. The highest BCUT2D eigenvalue weighted by molar-refractivity contribution is 7.89. The van der Waals surface area contributed by atoms with Gasteiger partial charge in [-0.1, -0.05) is 6.07 Å². The summed E-state index contributed by atoms with van der Waals surface area (Å²) >= 11 is 0. The zero-order valence-electron chi connectivity index (χ0n) is 12.6. The van der Waals surface area contributed by atoms with Crippen molar-refractivity contribution in [3.8, 4) is 0 Å². The number of nitrogens with one attached hydrogen (secondary N) is 1. The van der Waals surface area contributed by atoms with Crippen molar-refractivity contribution in [1.82, 2.24) is 4.72 Å². The monoisotopic (exact) mass is 308 g/mol. The second-order valence-corrected chi connectivity index (χ2v) is 6.94. The van der Waals surface area contributed by atoms with Crippen molar-refractivity contribution in [2.24, 2.45) is 0 Å². The number of hydrogen-bond donors (Lipinski definition) is 2. The summed E-state index contributed by atoms with van der Waals surface area (Å²) in [6.07, 6.45) is 0. The van der Waals surface area contributed by atoms with E-state index >= 15 is 0 Å². The summed E-state index contributed by atoms with van der Waals surface area (Å²) in [5.41, 5.74) is 7.80. The minimum Gasteiger partial charge on any atom is -0.466 e. The average Bonchev–Trinajstić information content (AvgIpc) is 2.67. The highest BCUT2D eigenvalue weighted by Crippen LogP contribution is 2.25. The fraction of sp³-hybridized carbons (Fsp3) is 0.333. The van der Waals surface area contributed by atoms with Gasteiger partial charge in [0.05, 0.1) is 5.69 Å². The van der Waals surface area contributed by atoms with Crippen LogP contribution < -0.4 is 10.5 Å². The van der Waals surface area contributed by atoms with Crippen LogP contribution in [0.4, 0.5) is 5.69 Å². The first kappa shape index (κ1) is 15.6. The van der Waals surface area contributed by atoms with E-state index < -0.39 is 16.1 Å². The van der Waals surface area contributed by atoms with Crippen LogP contribution in [0.15, 0.2) is 33.6 Å². The van der Waals surface area contributed by atoms with Gasteiger partial charge in [0.15, 0.2) is 0 Å². The Morgan fingerprint density at radius 1 is 1.19 bits per heavy atom. The number of furan rings is 1.